The minimum atomic E-state index is -0.873. The molecule has 0 aliphatic carbocycles. The van der Waals surface area contributed by atoms with E-state index in [0.717, 1.165) is 0 Å². The summed E-state index contributed by atoms with van der Waals surface area (Å²) in [5.74, 6) is -1.83. The van der Waals surface area contributed by atoms with Crippen molar-refractivity contribution in [2.45, 2.75) is 38.7 Å². The number of fused-ring (bicyclic) bond motifs is 2. The molecule has 1 saturated heterocycles. The first-order valence-electron chi connectivity index (χ1n) is 9.06. The average Bonchev–Trinajstić information content (AvgIpc) is 2.69. The number of hydrogen-bond acceptors (Lipinski definition) is 6. The summed E-state index contributed by atoms with van der Waals surface area (Å²) >= 11 is 0. The molecule has 2 aromatic heterocycles. The van der Waals surface area contributed by atoms with E-state index in [9.17, 15) is 19.5 Å². The van der Waals surface area contributed by atoms with E-state index in [1.54, 1.807) is 29.3 Å². The molecular formula is C19H20N4O5. The first kappa shape index (κ1) is 18.2. The molecule has 2 aliphatic rings. The maximum Gasteiger partial charge on any atom is 0.276 e. The van der Waals surface area contributed by atoms with Gasteiger partial charge < -0.3 is 24.6 Å². The number of aromatic nitrogens is 2. The van der Waals surface area contributed by atoms with E-state index in [1.165, 1.54) is 10.8 Å². The van der Waals surface area contributed by atoms with Crippen LogP contribution in [0.25, 0.3) is 0 Å². The summed E-state index contributed by atoms with van der Waals surface area (Å²) in [6.07, 6.45) is 3.10. The molecule has 0 aromatic carbocycles. The van der Waals surface area contributed by atoms with Crippen LogP contribution in [0.3, 0.4) is 0 Å². The van der Waals surface area contributed by atoms with Gasteiger partial charge in [0.25, 0.3) is 11.8 Å². The first-order chi connectivity index (χ1) is 13.5. The van der Waals surface area contributed by atoms with Crippen LogP contribution in [0.1, 0.15) is 39.9 Å². The standard InChI is InChI=1S/C19H20N4O5/c1-11-5-7-28-14-10-22-9-13(16(24)17(25)15(22)19(27)23(11)14)18(26)21-8-12-4-2-3-6-20-12/h2-4,6,9,11,14,25H,5,7-8,10H2,1H3,(H,21,26)/t11-,14+/m1/s1. The van der Waals surface area contributed by atoms with Gasteiger partial charge in [-0.05, 0) is 25.5 Å². The lowest BCUT2D eigenvalue weighted by Crippen LogP contribution is -2.57. The lowest BCUT2D eigenvalue weighted by atomic mass is 10.1. The predicted molar refractivity (Wildman–Crippen MR) is 97.8 cm³/mol. The van der Waals surface area contributed by atoms with E-state index in [4.69, 9.17) is 4.74 Å². The van der Waals surface area contributed by atoms with Crippen LogP contribution in [0.4, 0.5) is 0 Å². The van der Waals surface area contributed by atoms with E-state index >= 15 is 0 Å². The SMILES string of the molecule is C[C@@H]1CCO[C@H]2Cn3cc(C(=O)NCc4ccccn4)c(=O)c(O)c3C(=O)N12. The monoisotopic (exact) mass is 384 g/mol. The van der Waals surface area contributed by atoms with Crippen molar-refractivity contribution in [3.05, 3.63) is 57.8 Å². The fourth-order valence-corrected chi connectivity index (χ4v) is 3.59. The van der Waals surface area contributed by atoms with Crippen LogP contribution in [-0.4, -0.2) is 50.2 Å². The molecule has 4 rings (SSSR count). The average molecular weight is 384 g/mol. The smallest absolute Gasteiger partial charge is 0.276 e. The molecule has 28 heavy (non-hydrogen) atoms. The van der Waals surface area contributed by atoms with Crippen molar-refractivity contribution in [3.8, 4) is 5.75 Å². The molecule has 2 atom stereocenters. The third-order valence-corrected chi connectivity index (χ3v) is 5.08. The number of pyridine rings is 2. The largest absolute Gasteiger partial charge is 0.503 e. The summed E-state index contributed by atoms with van der Waals surface area (Å²) in [5.41, 5.74) is -0.585. The van der Waals surface area contributed by atoms with E-state index in [0.29, 0.717) is 18.7 Å². The summed E-state index contributed by atoms with van der Waals surface area (Å²) < 4.78 is 7.10. The number of rotatable bonds is 3. The van der Waals surface area contributed by atoms with Gasteiger partial charge in [0.05, 0.1) is 25.4 Å². The highest BCUT2D eigenvalue weighted by atomic mass is 16.5. The van der Waals surface area contributed by atoms with Gasteiger partial charge in [-0.25, -0.2) is 0 Å². The molecule has 4 heterocycles. The normalized spacial score (nSPS) is 21.0. The van der Waals surface area contributed by atoms with Gasteiger partial charge in [0.2, 0.25) is 5.43 Å². The fourth-order valence-electron chi connectivity index (χ4n) is 3.59. The second kappa shape index (κ2) is 7.08. The van der Waals surface area contributed by atoms with E-state index in [1.807, 2.05) is 6.92 Å². The number of ether oxygens (including phenoxy) is 1. The first-order valence-corrected chi connectivity index (χ1v) is 9.06. The maximum absolute atomic E-state index is 12.8. The topological polar surface area (TPSA) is 114 Å². The van der Waals surface area contributed by atoms with E-state index in [2.05, 4.69) is 10.3 Å². The predicted octanol–water partition coefficient (Wildman–Crippen LogP) is 0.470. The molecule has 0 unspecified atom stereocenters. The van der Waals surface area contributed by atoms with Crippen LogP contribution < -0.4 is 10.7 Å². The molecule has 2 amide bonds. The lowest BCUT2D eigenvalue weighted by molar-refractivity contribution is -0.112. The van der Waals surface area contributed by atoms with Gasteiger partial charge in [-0.15, -0.1) is 0 Å². The maximum atomic E-state index is 12.8. The summed E-state index contributed by atoms with van der Waals surface area (Å²) in [7, 11) is 0. The number of nitrogens with zero attached hydrogens (tertiary/aromatic N) is 3. The Morgan fingerprint density at radius 3 is 2.96 bits per heavy atom. The second-order valence-electron chi connectivity index (χ2n) is 6.90. The second-order valence-corrected chi connectivity index (χ2v) is 6.90. The van der Waals surface area contributed by atoms with Crippen LogP contribution >= 0.6 is 0 Å². The van der Waals surface area contributed by atoms with Crippen LogP contribution in [0.15, 0.2) is 35.4 Å². The molecule has 0 spiro atoms. The summed E-state index contributed by atoms with van der Waals surface area (Å²) in [4.78, 5) is 43.5. The van der Waals surface area contributed by atoms with Gasteiger partial charge in [0, 0.05) is 18.4 Å². The van der Waals surface area contributed by atoms with Crippen molar-refractivity contribution in [1.29, 1.82) is 0 Å². The third-order valence-electron chi connectivity index (χ3n) is 5.08. The molecular weight excluding hydrogens is 364 g/mol. The Morgan fingerprint density at radius 2 is 2.21 bits per heavy atom. The number of amides is 2. The summed E-state index contributed by atoms with van der Waals surface area (Å²) in [5, 5.41) is 13.0. The molecule has 146 valence electrons. The molecule has 0 saturated carbocycles. The highest BCUT2D eigenvalue weighted by Gasteiger charge is 2.40. The van der Waals surface area contributed by atoms with Gasteiger partial charge in [-0.3, -0.25) is 19.4 Å². The van der Waals surface area contributed by atoms with Crippen LogP contribution in [0.2, 0.25) is 0 Å². The molecule has 9 heteroatoms. The molecule has 1 fully saturated rings. The van der Waals surface area contributed by atoms with Crippen molar-refractivity contribution in [1.82, 2.24) is 19.8 Å². The van der Waals surface area contributed by atoms with Crippen molar-refractivity contribution in [3.63, 3.8) is 0 Å². The zero-order valence-corrected chi connectivity index (χ0v) is 15.3. The fraction of sp³-hybridized carbons (Fsp3) is 0.368. The Bertz CT molecular complexity index is 988. The zero-order chi connectivity index (χ0) is 19.8. The Morgan fingerprint density at radius 1 is 1.39 bits per heavy atom. The highest BCUT2D eigenvalue weighted by Crippen LogP contribution is 2.29. The number of carbonyl (C=O) groups excluding carboxylic acids is 2. The van der Waals surface area contributed by atoms with Crippen molar-refractivity contribution in [2.75, 3.05) is 6.61 Å². The van der Waals surface area contributed by atoms with E-state index < -0.39 is 29.2 Å². The van der Waals surface area contributed by atoms with Gasteiger partial charge in [-0.1, -0.05) is 6.07 Å². The number of nitrogens with one attached hydrogen (secondary N) is 1. The molecule has 9 nitrogen and oxygen atoms in total. The van der Waals surface area contributed by atoms with Crippen molar-refractivity contribution in [2.24, 2.45) is 0 Å². The molecule has 0 bridgehead atoms. The number of carbonyl (C=O) groups is 2. The Balaban J connectivity index is 1.65. The molecule has 2 aliphatic heterocycles. The molecule has 0 radical (unpaired) electrons. The molecule has 2 aromatic rings. The minimum absolute atomic E-state index is 0.0594. The third kappa shape index (κ3) is 3.03. The Hall–Kier alpha value is -3.20. The highest BCUT2D eigenvalue weighted by molar-refractivity contribution is 5.99. The Kier molecular flexibility index (Phi) is 4.60. The summed E-state index contributed by atoms with van der Waals surface area (Å²) in [6, 6.07) is 5.23. The van der Waals surface area contributed by atoms with Crippen LogP contribution in [0.5, 0.6) is 5.75 Å². The van der Waals surface area contributed by atoms with Gasteiger partial charge in [0.1, 0.15) is 5.56 Å². The van der Waals surface area contributed by atoms with Gasteiger partial charge >= 0.3 is 0 Å². The molecule has 2 N–H and O–H groups in total. The minimum Gasteiger partial charge on any atom is -0.503 e. The quantitative estimate of drug-likeness (QED) is 0.795. The Labute approximate surface area is 160 Å². The zero-order valence-electron chi connectivity index (χ0n) is 15.3. The number of aromatic hydroxyl groups is 1. The van der Waals surface area contributed by atoms with Crippen LogP contribution in [-0.2, 0) is 17.8 Å². The van der Waals surface area contributed by atoms with Crippen molar-refractivity contribution >= 4 is 11.8 Å². The number of hydrogen-bond donors (Lipinski definition) is 2. The van der Waals surface area contributed by atoms with Crippen molar-refractivity contribution < 1.29 is 19.4 Å². The lowest BCUT2D eigenvalue weighted by Gasteiger charge is -2.44. The van der Waals surface area contributed by atoms with Gasteiger partial charge in [-0.2, -0.15) is 0 Å². The van der Waals surface area contributed by atoms with Gasteiger partial charge in [0.15, 0.2) is 17.7 Å². The van der Waals surface area contributed by atoms with E-state index in [-0.39, 0.29) is 30.4 Å². The summed E-state index contributed by atoms with van der Waals surface area (Å²) in [6.45, 7) is 2.80. The van der Waals surface area contributed by atoms with Crippen LogP contribution in [0, 0.1) is 0 Å².